The van der Waals surface area contributed by atoms with Crippen molar-refractivity contribution in [1.29, 1.82) is 0 Å². The molecule has 0 aliphatic carbocycles. The van der Waals surface area contributed by atoms with Crippen LogP contribution in [0.5, 0.6) is 0 Å². The Hall–Kier alpha value is -1.00. The minimum Gasteiger partial charge on any atom is -0.343 e. The second-order valence-corrected chi connectivity index (χ2v) is 3.85. The molecule has 1 aliphatic heterocycles. The fourth-order valence-electron chi connectivity index (χ4n) is 1.38. The zero-order chi connectivity index (χ0) is 11.5. The highest BCUT2D eigenvalue weighted by atomic mass is 19.4. The molecule has 15 heavy (non-hydrogen) atoms. The molecule has 0 unspecified atom stereocenters. The van der Waals surface area contributed by atoms with Crippen LogP contribution >= 0.6 is 0 Å². The van der Waals surface area contributed by atoms with E-state index < -0.39 is 12.0 Å². The van der Waals surface area contributed by atoms with Gasteiger partial charge in [-0.1, -0.05) is 19.4 Å². The molecule has 0 saturated heterocycles. The van der Waals surface area contributed by atoms with E-state index in [1.54, 1.807) is 0 Å². The van der Waals surface area contributed by atoms with Crippen molar-refractivity contribution in [2.75, 3.05) is 6.54 Å². The lowest BCUT2D eigenvalue weighted by Gasteiger charge is -2.17. The van der Waals surface area contributed by atoms with Crippen LogP contribution in [0.1, 0.15) is 26.7 Å². The van der Waals surface area contributed by atoms with Crippen LogP contribution < -0.4 is 5.32 Å². The molecule has 0 aromatic rings. The largest absolute Gasteiger partial charge is 0.449 e. The molecule has 1 N–H and O–H groups in total. The first-order chi connectivity index (χ1) is 6.91. The van der Waals surface area contributed by atoms with E-state index in [1.165, 1.54) is 6.20 Å². The van der Waals surface area contributed by atoms with Crippen molar-refractivity contribution in [2.45, 2.75) is 32.9 Å². The van der Waals surface area contributed by atoms with Crippen LogP contribution in [-0.4, -0.2) is 18.6 Å². The molecule has 0 spiro atoms. The molecule has 0 atom stereocenters. The van der Waals surface area contributed by atoms with Crippen LogP contribution in [0.4, 0.5) is 13.2 Å². The number of nitrogens with zero attached hydrogens (tertiary/aromatic N) is 1. The van der Waals surface area contributed by atoms with E-state index in [1.807, 2.05) is 13.8 Å². The van der Waals surface area contributed by atoms with Gasteiger partial charge in [0, 0.05) is 12.7 Å². The quantitative estimate of drug-likeness (QED) is 0.722. The van der Waals surface area contributed by atoms with Crippen LogP contribution in [0.2, 0.25) is 0 Å². The summed E-state index contributed by atoms with van der Waals surface area (Å²) < 4.78 is 37.1. The maximum absolute atomic E-state index is 12.4. The fourth-order valence-corrected chi connectivity index (χ4v) is 1.38. The van der Waals surface area contributed by atoms with E-state index in [9.17, 15) is 13.2 Å². The topological polar surface area (TPSA) is 24.4 Å². The molecule has 86 valence electrons. The maximum atomic E-state index is 12.4. The smallest absolute Gasteiger partial charge is 0.343 e. The molecule has 0 amide bonds. The second kappa shape index (κ2) is 4.68. The Kier molecular flexibility index (Phi) is 3.77. The number of allylic oxidation sites excluding steroid dienone is 1. The van der Waals surface area contributed by atoms with E-state index in [0.29, 0.717) is 6.42 Å². The molecule has 2 nitrogen and oxygen atoms in total. The van der Waals surface area contributed by atoms with Gasteiger partial charge in [0.25, 0.3) is 0 Å². The van der Waals surface area contributed by atoms with Gasteiger partial charge in [0.1, 0.15) is 0 Å². The predicted molar refractivity (Wildman–Crippen MR) is 53.6 cm³/mol. The van der Waals surface area contributed by atoms with Gasteiger partial charge in [0.15, 0.2) is 0 Å². The van der Waals surface area contributed by atoms with Crippen LogP contribution in [0.3, 0.4) is 0 Å². The lowest BCUT2D eigenvalue weighted by Crippen LogP contribution is -2.35. The monoisotopic (exact) mass is 220 g/mol. The summed E-state index contributed by atoms with van der Waals surface area (Å²) in [6.07, 6.45) is -1.46. The summed E-state index contributed by atoms with van der Waals surface area (Å²) in [5.41, 5.74) is 1.01. The number of nitrogens with one attached hydrogen (secondary N) is 1. The van der Waals surface area contributed by atoms with Gasteiger partial charge >= 0.3 is 6.18 Å². The minimum absolute atomic E-state index is 0.228. The summed E-state index contributed by atoms with van der Waals surface area (Å²) in [6.45, 7) is 4.17. The Morgan fingerprint density at radius 2 is 2.07 bits per heavy atom. The van der Waals surface area contributed by atoms with Gasteiger partial charge in [-0.3, -0.25) is 4.99 Å². The Labute approximate surface area is 87.3 Å². The van der Waals surface area contributed by atoms with Gasteiger partial charge in [-0.15, -0.1) is 0 Å². The summed E-state index contributed by atoms with van der Waals surface area (Å²) in [4.78, 5) is 3.48. The van der Waals surface area contributed by atoms with Crippen molar-refractivity contribution in [3.63, 3.8) is 0 Å². The third-order valence-electron chi connectivity index (χ3n) is 2.30. The summed E-state index contributed by atoms with van der Waals surface area (Å²) in [7, 11) is 0. The summed E-state index contributed by atoms with van der Waals surface area (Å²) in [5, 5.41) is 2.26. The summed E-state index contributed by atoms with van der Waals surface area (Å²) in [6, 6.07) is 0. The van der Waals surface area contributed by atoms with Crippen LogP contribution in [0.25, 0.3) is 0 Å². The molecule has 1 aliphatic rings. The maximum Gasteiger partial charge on any atom is 0.449 e. The van der Waals surface area contributed by atoms with Gasteiger partial charge in [-0.2, -0.15) is 13.2 Å². The van der Waals surface area contributed by atoms with E-state index >= 15 is 0 Å². The van der Waals surface area contributed by atoms with Crippen molar-refractivity contribution < 1.29 is 13.2 Å². The average molecular weight is 220 g/mol. The minimum atomic E-state index is -4.38. The first-order valence-electron chi connectivity index (χ1n) is 4.98. The Balaban J connectivity index is 2.79. The van der Waals surface area contributed by atoms with Gasteiger partial charge in [-0.05, 0) is 18.8 Å². The Bertz CT molecular complexity index is 277. The number of amidine groups is 1. The van der Waals surface area contributed by atoms with Gasteiger partial charge in [0.05, 0.1) is 0 Å². The van der Waals surface area contributed by atoms with Gasteiger partial charge in [0.2, 0.25) is 5.84 Å². The van der Waals surface area contributed by atoms with Crippen molar-refractivity contribution in [1.82, 2.24) is 5.32 Å². The lowest BCUT2D eigenvalue weighted by molar-refractivity contribution is -0.0614. The highest BCUT2D eigenvalue weighted by molar-refractivity contribution is 5.88. The zero-order valence-corrected chi connectivity index (χ0v) is 8.86. The Morgan fingerprint density at radius 1 is 1.40 bits per heavy atom. The van der Waals surface area contributed by atoms with E-state index in [0.717, 1.165) is 12.0 Å². The SMILES string of the molecule is CC(C)C1=CNC(C(F)(F)F)=NCCC1. The molecule has 0 fully saturated rings. The summed E-state index contributed by atoms with van der Waals surface area (Å²) in [5.74, 6) is -0.620. The van der Waals surface area contributed by atoms with Crippen molar-refractivity contribution in [3.05, 3.63) is 11.8 Å². The molecule has 0 radical (unpaired) electrons. The highest BCUT2D eigenvalue weighted by Gasteiger charge is 2.35. The van der Waals surface area contributed by atoms with E-state index in [2.05, 4.69) is 10.3 Å². The standard InChI is InChI=1S/C10H15F3N2/c1-7(2)8-4-3-5-14-9(15-6-8)10(11,12)13/h6-7H,3-5H2,1-2H3,(H,14,15). The number of rotatable bonds is 1. The van der Waals surface area contributed by atoms with Crippen molar-refractivity contribution in [2.24, 2.45) is 10.9 Å². The van der Waals surface area contributed by atoms with Crippen LogP contribution in [0, 0.1) is 5.92 Å². The van der Waals surface area contributed by atoms with Crippen molar-refractivity contribution >= 4 is 5.84 Å². The van der Waals surface area contributed by atoms with Crippen LogP contribution in [-0.2, 0) is 0 Å². The fraction of sp³-hybridized carbons (Fsp3) is 0.700. The summed E-state index contributed by atoms with van der Waals surface area (Å²) >= 11 is 0. The normalized spacial score (nSPS) is 18.8. The molecule has 0 saturated carbocycles. The lowest BCUT2D eigenvalue weighted by atomic mass is 9.99. The zero-order valence-electron chi connectivity index (χ0n) is 8.86. The number of aliphatic imine (C=N–C) groups is 1. The van der Waals surface area contributed by atoms with E-state index in [4.69, 9.17) is 0 Å². The predicted octanol–water partition coefficient (Wildman–Crippen LogP) is 2.87. The molecule has 0 bridgehead atoms. The Morgan fingerprint density at radius 3 is 2.60 bits per heavy atom. The number of hydrogen-bond donors (Lipinski definition) is 1. The molecule has 1 rings (SSSR count). The molecule has 0 aromatic carbocycles. The first-order valence-corrected chi connectivity index (χ1v) is 4.98. The molecular formula is C10H15F3N2. The van der Waals surface area contributed by atoms with Gasteiger partial charge < -0.3 is 5.32 Å². The molecule has 1 heterocycles. The number of hydrogen-bond acceptors (Lipinski definition) is 2. The second-order valence-electron chi connectivity index (χ2n) is 3.85. The third-order valence-corrected chi connectivity index (χ3v) is 2.30. The number of alkyl halides is 3. The van der Waals surface area contributed by atoms with Gasteiger partial charge in [-0.25, -0.2) is 0 Å². The highest BCUT2D eigenvalue weighted by Crippen LogP contribution is 2.20. The average Bonchev–Trinajstić information content (AvgIpc) is 1.99. The first kappa shape index (κ1) is 12.1. The van der Waals surface area contributed by atoms with E-state index in [-0.39, 0.29) is 12.5 Å². The third kappa shape index (κ3) is 3.57. The van der Waals surface area contributed by atoms with Crippen LogP contribution in [0.15, 0.2) is 16.8 Å². The van der Waals surface area contributed by atoms with Crippen molar-refractivity contribution in [3.8, 4) is 0 Å². The molecular weight excluding hydrogens is 205 g/mol. The molecule has 0 aromatic heterocycles. The molecule has 5 heteroatoms. The number of halogens is 3.